The molecule has 3 aromatic rings. The van der Waals surface area contributed by atoms with Gasteiger partial charge in [0.25, 0.3) is 5.56 Å². The van der Waals surface area contributed by atoms with Gasteiger partial charge in [-0.15, -0.1) is 0 Å². The van der Waals surface area contributed by atoms with Gasteiger partial charge in [-0.3, -0.25) is 14.8 Å². The monoisotopic (exact) mass is 373 g/mol. The maximum absolute atomic E-state index is 12.4. The number of rotatable bonds is 3. The molecule has 0 unspecified atom stereocenters. The van der Waals surface area contributed by atoms with Crippen molar-refractivity contribution in [2.45, 2.75) is 19.8 Å². The number of nitrogens with one attached hydrogen (secondary N) is 1. The Bertz CT molecular complexity index is 1230. The highest BCUT2D eigenvalue weighted by Gasteiger charge is 2.17. The predicted octanol–water partition coefficient (Wildman–Crippen LogP) is 3.61. The lowest BCUT2D eigenvalue weighted by molar-refractivity contribution is 0.429. The molecule has 140 valence electrons. The van der Waals surface area contributed by atoms with Gasteiger partial charge in [-0.2, -0.15) is 0 Å². The Morgan fingerprint density at radius 2 is 1.79 bits per heavy atom. The molecule has 1 aromatic heterocycles. The van der Waals surface area contributed by atoms with E-state index in [0.29, 0.717) is 17.2 Å². The summed E-state index contributed by atoms with van der Waals surface area (Å²) in [6.07, 6.45) is 3.18. The van der Waals surface area contributed by atoms with Crippen LogP contribution in [0.1, 0.15) is 36.5 Å². The molecular weight excluding hydrogens is 354 g/mol. The summed E-state index contributed by atoms with van der Waals surface area (Å²) in [4.78, 5) is 31.3. The summed E-state index contributed by atoms with van der Waals surface area (Å²) < 4.78 is 1.09. The number of benzene rings is 2. The molecule has 6 heteroatoms. The second-order valence-corrected chi connectivity index (χ2v) is 6.95. The quantitative estimate of drug-likeness (QED) is 0.735. The molecule has 1 aliphatic heterocycles. The van der Waals surface area contributed by atoms with E-state index in [-0.39, 0.29) is 5.56 Å². The third-order valence-electron chi connectivity index (χ3n) is 4.80. The van der Waals surface area contributed by atoms with Gasteiger partial charge in [-0.25, -0.2) is 9.36 Å². The fraction of sp³-hybridized carbons (Fsp3) is 0.136. The van der Waals surface area contributed by atoms with Crippen LogP contribution >= 0.6 is 0 Å². The number of aromatic nitrogens is 2. The highest BCUT2D eigenvalue weighted by Crippen LogP contribution is 2.32. The van der Waals surface area contributed by atoms with Gasteiger partial charge in [0.15, 0.2) is 0 Å². The third kappa shape index (κ3) is 2.99. The van der Waals surface area contributed by atoms with E-state index < -0.39 is 17.1 Å². The zero-order valence-corrected chi connectivity index (χ0v) is 15.5. The van der Waals surface area contributed by atoms with Crippen LogP contribution in [-0.2, 0) is 0 Å². The first-order valence-electron chi connectivity index (χ1n) is 8.99. The smallest absolute Gasteiger partial charge is 0.335 e. The zero-order chi connectivity index (χ0) is 19.8. The van der Waals surface area contributed by atoms with Crippen molar-refractivity contribution < 1.29 is 5.11 Å². The van der Waals surface area contributed by atoms with Crippen LogP contribution in [0.4, 0.5) is 5.69 Å². The second-order valence-electron chi connectivity index (χ2n) is 6.95. The first-order chi connectivity index (χ1) is 13.5. The molecule has 6 nitrogen and oxygen atoms in total. The summed E-state index contributed by atoms with van der Waals surface area (Å²) in [7, 11) is 0. The number of aliphatic imine (C=N–C) groups is 1. The molecule has 0 radical (unpaired) electrons. The van der Waals surface area contributed by atoms with Crippen molar-refractivity contribution in [3.8, 4) is 11.6 Å². The van der Waals surface area contributed by atoms with E-state index in [1.54, 1.807) is 24.4 Å². The number of aromatic hydroxyl groups is 1. The molecule has 1 aliphatic rings. The summed E-state index contributed by atoms with van der Waals surface area (Å²) in [5.41, 5.74) is 2.60. The Morgan fingerprint density at radius 1 is 1.07 bits per heavy atom. The van der Waals surface area contributed by atoms with E-state index in [0.717, 1.165) is 21.4 Å². The molecule has 0 bridgehead atoms. The molecule has 0 amide bonds. The van der Waals surface area contributed by atoms with Gasteiger partial charge in [0.2, 0.25) is 5.88 Å². The molecule has 0 saturated carbocycles. The lowest BCUT2D eigenvalue weighted by Gasteiger charge is -2.12. The third-order valence-corrected chi connectivity index (χ3v) is 4.80. The molecule has 2 N–H and O–H groups in total. The second kappa shape index (κ2) is 6.81. The fourth-order valence-corrected chi connectivity index (χ4v) is 3.23. The van der Waals surface area contributed by atoms with Crippen molar-refractivity contribution in [1.82, 2.24) is 9.55 Å². The van der Waals surface area contributed by atoms with Gasteiger partial charge in [0.05, 0.1) is 11.4 Å². The normalized spacial score (nSPS) is 14.0. The van der Waals surface area contributed by atoms with E-state index >= 15 is 0 Å². The van der Waals surface area contributed by atoms with Crippen LogP contribution in [0, 0.1) is 0 Å². The minimum Gasteiger partial charge on any atom is -0.494 e. The van der Waals surface area contributed by atoms with Gasteiger partial charge in [0, 0.05) is 17.4 Å². The maximum atomic E-state index is 12.4. The molecule has 28 heavy (non-hydrogen) atoms. The van der Waals surface area contributed by atoms with Crippen molar-refractivity contribution >= 4 is 23.6 Å². The van der Waals surface area contributed by atoms with E-state index in [1.807, 2.05) is 36.4 Å². The summed E-state index contributed by atoms with van der Waals surface area (Å²) >= 11 is 0. The molecule has 2 heterocycles. The van der Waals surface area contributed by atoms with Gasteiger partial charge in [-0.1, -0.05) is 44.2 Å². The van der Waals surface area contributed by atoms with Gasteiger partial charge in [-0.05, 0) is 35.8 Å². The number of hydrogen-bond acceptors (Lipinski definition) is 4. The zero-order valence-electron chi connectivity index (χ0n) is 15.5. The molecule has 2 aromatic carbocycles. The SMILES string of the molecule is CC(C)c1ccc(-n2c(O)c(C=C3C=Nc4ccccc43)c(=O)[nH]c2=O)cc1. The van der Waals surface area contributed by atoms with Crippen molar-refractivity contribution in [3.63, 3.8) is 0 Å². The largest absolute Gasteiger partial charge is 0.494 e. The number of aromatic amines is 1. The van der Waals surface area contributed by atoms with Crippen LogP contribution in [0.3, 0.4) is 0 Å². The first-order valence-corrected chi connectivity index (χ1v) is 8.99. The molecule has 0 saturated heterocycles. The standard InChI is InChI=1S/C22H19N3O3/c1-13(2)14-7-9-16(10-8-14)25-21(27)18(20(26)24-22(25)28)11-15-12-23-19-6-4-3-5-17(15)19/h3-13,27H,1-2H3,(H,24,26,28). The van der Waals surface area contributed by atoms with E-state index in [9.17, 15) is 14.7 Å². The van der Waals surface area contributed by atoms with Crippen LogP contribution in [-0.4, -0.2) is 20.9 Å². The first kappa shape index (κ1) is 17.7. The Hall–Kier alpha value is -3.67. The molecule has 0 fully saturated rings. The number of H-pyrrole nitrogens is 1. The average Bonchev–Trinajstić information content (AvgIpc) is 3.08. The molecule has 4 rings (SSSR count). The highest BCUT2D eigenvalue weighted by atomic mass is 16.3. The Kier molecular flexibility index (Phi) is 4.31. The minimum atomic E-state index is -0.692. The average molecular weight is 373 g/mol. The minimum absolute atomic E-state index is 0.00527. The summed E-state index contributed by atoms with van der Waals surface area (Å²) in [5.74, 6) is -0.0618. The summed E-state index contributed by atoms with van der Waals surface area (Å²) in [6.45, 7) is 4.15. The Labute approximate surface area is 161 Å². The van der Waals surface area contributed by atoms with Gasteiger partial charge >= 0.3 is 5.69 Å². The molecule has 0 atom stereocenters. The Morgan fingerprint density at radius 3 is 2.50 bits per heavy atom. The molecular formula is C22H19N3O3. The number of hydrogen-bond donors (Lipinski definition) is 2. The lowest BCUT2D eigenvalue weighted by Crippen LogP contribution is -2.30. The predicted molar refractivity (Wildman–Crippen MR) is 111 cm³/mol. The molecule has 0 spiro atoms. The lowest BCUT2D eigenvalue weighted by atomic mass is 10.0. The van der Waals surface area contributed by atoms with E-state index in [4.69, 9.17) is 0 Å². The van der Waals surface area contributed by atoms with Crippen LogP contribution < -0.4 is 11.2 Å². The van der Waals surface area contributed by atoms with Crippen molar-refractivity contribution in [3.05, 3.63) is 86.1 Å². The number of para-hydroxylation sites is 1. The van der Waals surface area contributed by atoms with Gasteiger partial charge in [0.1, 0.15) is 5.56 Å². The number of allylic oxidation sites excluding steroid dienone is 1. The van der Waals surface area contributed by atoms with Crippen LogP contribution in [0.25, 0.3) is 17.3 Å². The van der Waals surface area contributed by atoms with E-state index in [2.05, 4.69) is 23.8 Å². The fourth-order valence-electron chi connectivity index (χ4n) is 3.23. The van der Waals surface area contributed by atoms with Crippen LogP contribution in [0.15, 0.2) is 63.1 Å². The van der Waals surface area contributed by atoms with Gasteiger partial charge < -0.3 is 5.11 Å². The highest BCUT2D eigenvalue weighted by molar-refractivity contribution is 6.21. The Balaban J connectivity index is 1.86. The van der Waals surface area contributed by atoms with Crippen molar-refractivity contribution in [1.29, 1.82) is 0 Å². The van der Waals surface area contributed by atoms with E-state index in [1.165, 1.54) is 0 Å². The number of nitrogens with zero attached hydrogens (tertiary/aromatic N) is 2. The maximum Gasteiger partial charge on any atom is 0.335 e. The van der Waals surface area contributed by atoms with Crippen molar-refractivity contribution in [2.75, 3.05) is 0 Å². The van der Waals surface area contributed by atoms with Crippen LogP contribution in [0.5, 0.6) is 5.88 Å². The van der Waals surface area contributed by atoms with Crippen molar-refractivity contribution in [2.24, 2.45) is 4.99 Å². The molecule has 0 aliphatic carbocycles. The van der Waals surface area contributed by atoms with Crippen LogP contribution in [0.2, 0.25) is 0 Å². The summed E-state index contributed by atoms with van der Waals surface area (Å²) in [6, 6.07) is 14.8. The summed E-state index contributed by atoms with van der Waals surface area (Å²) in [5, 5.41) is 10.7. The topological polar surface area (TPSA) is 87.4 Å². The number of fused-ring (bicyclic) bond motifs is 1.